The third kappa shape index (κ3) is 3.59. The molecule has 1 aromatic carbocycles. The topological polar surface area (TPSA) is 61.9 Å². The third-order valence-corrected chi connectivity index (χ3v) is 7.75. The van der Waals surface area contributed by atoms with Crippen molar-refractivity contribution in [2.75, 3.05) is 26.7 Å². The van der Waals surface area contributed by atoms with Crippen LogP contribution in [0.3, 0.4) is 0 Å². The Hall–Kier alpha value is -2.08. The highest BCUT2D eigenvalue weighted by atomic mass is 16.5. The first-order valence-corrected chi connectivity index (χ1v) is 11.6. The number of carbonyl (C=O) groups excluding carboxylic acids is 2. The molecule has 0 aromatic heterocycles. The highest BCUT2D eigenvalue weighted by Gasteiger charge is 2.50. The molecule has 5 atom stereocenters. The van der Waals surface area contributed by atoms with Gasteiger partial charge in [0.15, 0.2) is 0 Å². The van der Waals surface area contributed by atoms with Gasteiger partial charge in [-0.2, -0.15) is 0 Å². The van der Waals surface area contributed by atoms with Crippen LogP contribution in [0.25, 0.3) is 0 Å². The summed E-state index contributed by atoms with van der Waals surface area (Å²) in [6, 6.07) is 8.65. The van der Waals surface area contributed by atoms with Crippen molar-refractivity contribution >= 4 is 11.8 Å². The van der Waals surface area contributed by atoms with Gasteiger partial charge in [0.1, 0.15) is 5.75 Å². The van der Waals surface area contributed by atoms with E-state index in [0.717, 1.165) is 63.9 Å². The summed E-state index contributed by atoms with van der Waals surface area (Å²) in [6.07, 6.45) is 6.71. The van der Waals surface area contributed by atoms with Crippen molar-refractivity contribution < 1.29 is 14.3 Å². The first-order chi connectivity index (χ1) is 14.6. The van der Waals surface area contributed by atoms with Crippen LogP contribution in [0.1, 0.15) is 44.1 Å². The Morgan fingerprint density at radius 2 is 2.07 bits per heavy atom. The number of methoxy groups -OCH3 is 1. The predicted molar refractivity (Wildman–Crippen MR) is 114 cm³/mol. The first-order valence-electron chi connectivity index (χ1n) is 11.6. The van der Waals surface area contributed by atoms with Crippen LogP contribution < -0.4 is 10.1 Å². The van der Waals surface area contributed by atoms with Crippen LogP contribution in [0.4, 0.5) is 0 Å². The molecule has 5 rings (SSSR count). The van der Waals surface area contributed by atoms with Crippen LogP contribution >= 0.6 is 0 Å². The van der Waals surface area contributed by atoms with E-state index in [2.05, 4.69) is 27.2 Å². The Morgan fingerprint density at radius 3 is 2.87 bits per heavy atom. The number of hydrogen-bond donors (Lipinski definition) is 1. The largest absolute Gasteiger partial charge is 0.497 e. The smallest absolute Gasteiger partial charge is 0.239 e. The summed E-state index contributed by atoms with van der Waals surface area (Å²) in [5.41, 5.74) is 1.20. The molecule has 30 heavy (non-hydrogen) atoms. The van der Waals surface area contributed by atoms with E-state index < -0.39 is 0 Å². The maximum absolute atomic E-state index is 13.2. The lowest BCUT2D eigenvalue weighted by atomic mass is 9.70. The van der Waals surface area contributed by atoms with Gasteiger partial charge in [0.05, 0.1) is 13.2 Å². The highest BCUT2D eigenvalue weighted by molar-refractivity contribution is 5.82. The van der Waals surface area contributed by atoms with E-state index in [1.54, 1.807) is 7.11 Å². The van der Waals surface area contributed by atoms with Crippen LogP contribution in [0.5, 0.6) is 5.75 Å². The van der Waals surface area contributed by atoms with Gasteiger partial charge >= 0.3 is 0 Å². The van der Waals surface area contributed by atoms with Crippen LogP contribution in [0, 0.1) is 11.8 Å². The molecule has 4 aliphatic heterocycles. The molecule has 0 aliphatic carbocycles. The molecule has 2 amide bonds. The first kappa shape index (κ1) is 19.9. The number of ether oxygens (including phenoxy) is 1. The SMILES string of the molecule is COc1cccc(C[C@H]2[C@H]3C[C@H](CN(C(=O)[C@H]4CCCN4)C3)[C@@H]3CCCC(=O)N32)c1. The van der Waals surface area contributed by atoms with Crippen LogP contribution in [-0.2, 0) is 16.0 Å². The Labute approximate surface area is 178 Å². The zero-order chi connectivity index (χ0) is 20.7. The molecule has 4 heterocycles. The summed E-state index contributed by atoms with van der Waals surface area (Å²) >= 11 is 0. The number of likely N-dealkylation sites (tertiary alicyclic amines) is 1. The van der Waals surface area contributed by atoms with Crippen molar-refractivity contribution in [2.45, 2.75) is 63.1 Å². The van der Waals surface area contributed by atoms with Crippen molar-refractivity contribution in [2.24, 2.45) is 11.8 Å². The zero-order valence-electron chi connectivity index (χ0n) is 17.9. The average molecular weight is 412 g/mol. The van der Waals surface area contributed by atoms with Crippen molar-refractivity contribution in [3.8, 4) is 5.75 Å². The van der Waals surface area contributed by atoms with Gasteiger partial charge in [-0.25, -0.2) is 0 Å². The van der Waals surface area contributed by atoms with Gasteiger partial charge in [-0.15, -0.1) is 0 Å². The Bertz CT molecular complexity index is 807. The molecule has 4 saturated heterocycles. The van der Waals surface area contributed by atoms with Gasteiger partial charge in [-0.05, 0) is 74.6 Å². The maximum atomic E-state index is 13.2. The van der Waals surface area contributed by atoms with E-state index >= 15 is 0 Å². The second-order valence-electron chi connectivity index (χ2n) is 9.53. The molecule has 0 spiro atoms. The van der Waals surface area contributed by atoms with Gasteiger partial charge in [-0.3, -0.25) is 9.59 Å². The molecule has 0 unspecified atom stereocenters. The van der Waals surface area contributed by atoms with Crippen LogP contribution in [0.15, 0.2) is 24.3 Å². The second kappa shape index (κ2) is 8.22. The summed E-state index contributed by atoms with van der Waals surface area (Å²) in [5, 5.41) is 3.38. The molecule has 162 valence electrons. The van der Waals surface area contributed by atoms with Crippen molar-refractivity contribution in [1.29, 1.82) is 0 Å². The molecule has 2 bridgehead atoms. The summed E-state index contributed by atoms with van der Waals surface area (Å²) in [6.45, 7) is 2.53. The minimum absolute atomic E-state index is 0.00949. The Kier molecular flexibility index (Phi) is 5.44. The molecule has 6 nitrogen and oxygen atoms in total. The lowest BCUT2D eigenvalue weighted by Gasteiger charge is -2.57. The normalized spacial score (nSPS) is 33.4. The number of hydrogen-bond acceptors (Lipinski definition) is 4. The Morgan fingerprint density at radius 1 is 1.20 bits per heavy atom. The van der Waals surface area contributed by atoms with E-state index in [1.807, 2.05) is 12.1 Å². The quantitative estimate of drug-likeness (QED) is 0.825. The molecule has 1 N–H and O–H groups in total. The number of carbonyl (C=O) groups is 2. The Balaban J connectivity index is 1.41. The number of rotatable bonds is 4. The molecule has 0 radical (unpaired) electrons. The number of benzene rings is 1. The fraction of sp³-hybridized carbons (Fsp3) is 0.667. The van der Waals surface area contributed by atoms with Gasteiger partial charge in [0.2, 0.25) is 11.8 Å². The lowest BCUT2D eigenvalue weighted by Crippen LogP contribution is -2.66. The number of piperidine rings is 3. The van der Waals surface area contributed by atoms with E-state index in [-0.39, 0.29) is 24.0 Å². The molecule has 1 aromatic rings. The number of nitrogens with zero attached hydrogens (tertiary/aromatic N) is 2. The van der Waals surface area contributed by atoms with Crippen LogP contribution in [0.2, 0.25) is 0 Å². The molecular weight excluding hydrogens is 378 g/mol. The van der Waals surface area contributed by atoms with Crippen molar-refractivity contribution in [3.05, 3.63) is 29.8 Å². The van der Waals surface area contributed by atoms with Crippen molar-refractivity contribution in [1.82, 2.24) is 15.1 Å². The fourth-order valence-corrected chi connectivity index (χ4v) is 6.37. The third-order valence-electron chi connectivity index (χ3n) is 7.75. The van der Waals surface area contributed by atoms with E-state index in [4.69, 9.17) is 4.74 Å². The van der Waals surface area contributed by atoms with Gasteiger partial charge in [0.25, 0.3) is 0 Å². The number of amides is 2. The molecule has 4 aliphatic rings. The predicted octanol–water partition coefficient (Wildman–Crippen LogP) is 2.22. The lowest BCUT2D eigenvalue weighted by molar-refractivity contribution is -0.156. The molecule has 6 heteroatoms. The standard InChI is InChI=1S/C24H33N3O3/c1-30-19-6-2-5-16(11-19)12-22-18-13-17(21-8-3-9-23(28)27(21)22)14-26(15-18)24(29)20-7-4-10-25-20/h2,5-6,11,17-18,20-22,25H,3-4,7-10,12-15H2,1H3/t17-,18+,20-,21+,22+/m1/s1. The minimum atomic E-state index is -0.00949. The van der Waals surface area contributed by atoms with Gasteiger partial charge < -0.3 is 19.9 Å². The maximum Gasteiger partial charge on any atom is 0.239 e. The van der Waals surface area contributed by atoms with Gasteiger partial charge in [-0.1, -0.05) is 12.1 Å². The molecular formula is C24H33N3O3. The average Bonchev–Trinajstić information content (AvgIpc) is 3.31. The summed E-state index contributed by atoms with van der Waals surface area (Å²) in [4.78, 5) is 30.5. The van der Waals surface area contributed by atoms with Crippen molar-refractivity contribution in [3.63, 3.8) is 0 Å². The zero-order valence-corrected chi connectivity index (χ0v) is 17.9. The fourth-order valence-electron chi connectivity index (χ4n) is 6.37. The van der Waals surface area contributed by atoms with E-state index in [1.165, 1.54) is 5.56 Å². The summed E-state index contributed by atoms with van der Waals surface area (Å²) in [7, 11) is 1.69. The monoisotopic (exact) mass is 411 g/mol. The number of nitrogens with one attached hydrogen (secondary N) is 1. The van der Waals surface area contributed by atoms with Crippen LogP contribution in [-0.4, -0.2) is 66.5 Å². The molecule has 0 saturated carbocycles. The number of fused-ring (bicyclic) bond motifs is 4. The molecule has 4 fully saturated rings. The van der Waals surface area contributed by atoms with Gasteiger partial charge in [0, 0.05) is 31.6 Å². The summed E-state index contributed by atoms with van der Waals surface area (Å²) < 4.78 is 5.42. The van der Waals surface area contributed by atoms with E-state index in [0.29, 0.717) is 24.2 Å². The highest BCUT2D eigenvalue weighted by Crippen LogP contribution is 2.43. The second-order valence-corrected chi connectivity index (χ2v) is 9.53. The minimum Gasteiger partial charge on any atom is -0.497 e. The summed E-state index contributed by atoms with van der Waals surface area (Å²) in [5.74, 6) is 2.21. The van der Waals surface area contributed by atoms with E-state index in [9.17, 15) is 9.59 Å².